The highest BCUT2D eigenvalue weighted by atomic mass is 35.5. The molecule has 0 aliphatic heterocycles. The van der Waals surface area contributed by atoms with Crippen molar-refractivity contribution in [3.8, 4) is 5.75 Å². The molecule has 1 unspecified atom stereocenters. The van der Waals surface area contributed by atoms with Gasteiger partial charge in [0, 0.05) is 11.6 Å². The van der Waals surface area contributed by atoms with Gasteiger partial charge in [-0.15, -0.1) is 0 Å². The SMILES string of the molecule is COc1cc(C(=O)O)ccc1NC(=O)C(Cc1cc(C2CC2)cc(C(C)(C)C)c1)N(Cc1ccc(F)cc1Cl)S(=O)(=O)c1c(F)c(F)c(F)c(F)c1F. The number of anilines is 1. The summed E-state index contributed by atoms with van der Waals surface area (Å²) in [5, 5.41) is 11.5. The van der Waals surface area contributed by atoms with Crippen molar-refractivity contribution in [3.63, 3.8) is 0 Å². The quantitative estimate of drug-likeness (QED) is 0.0847. The minimum absolute atomic E-state index is 0.150. The van der Waals surface area contributed by atoms with Crippen LogP contribution in [-0.2, 0) is 33.2 Å². The zero-order valence-electron chi connectivity index (χ0n) is 28.7. The van der Waals surface area contributed by atoms with Crippen LogP contribution in [0.4, 0.5) is 32.0 Å². The molecule has 0 bridgehead atoms. The summed E-state index contributed by atoms with van der Waals surface area (Å²) in [5.41, 5.74) is 1.05. The molecule has 282 valence electrons. The molecule has 1 aliphatic rings. The van der Waals surface area contributed by atoms with Gasteiger partial charge in [-0.1, -0.05) is 56.6 Å². The van der Waals surface area contributed by atoms with E-state index in [4.69, 9.17) is 16.3 Å². The molecule has 8 nitrogen and oxygen atoms in total. The topological polar surface area (TPSA) is 113 Å². The summed E-state index contributed by atoms with van der Waals surface area (Å²) in [6.45, 7) is 4.77. The lowest BCUT2D eigenvalue weighted by atomic mass is 9.83. The third kappa shape index (κ3) is 8.31. The standard InChI is InChI=1S/C37H33ClF6N2O6S/c1-37(2,3)23-12-18(11-22(14-23)19-5-6-19)13-27(35(47)45-26-10-8-20(36(48)49)15-28(26)52-4)46(17-21-7-9-24(39)16-25(21)38)53(50,51)34-32(43)30(41)29(40)31(42)33(34)44/h7-12,14-16,19,27H,5-6,13,17H2,1-4H3,(H,45,47)(H,48,49). The van der Waals surface area contributed by atoms with Crippen LogP contribution >= 0.6 is 11.6 Å². The number of carboxylic acid groups (broad SMARTS) is 1. The molecule has 1 aliphatic carbocycles. The van der Waals surface area contributed by atoms with Gasteiger partial charge in [0.1, 0.15) is 17.6 Å². The second kappa shape index (κ2) is 15.0. The first kappa shape index (κ1) is 39.6. The fourth-order valence-electron chi connectivity index (χ4n) is 5.72. The number of halogens is 7. The Labute approximate surface area is 306 Å². The Morgan fingerprint density at radius 3 is 2.09 bits per heavy atom. The van der Waals surface area contributed by atoms with Gasteiger partial charge in [0.25, 0.3) is 0 Å². The lowest BCUT2D eigenvalue weighted by molar-refractivity contribution is -0.119. The number of nitrogens with one attached hydrogen (secondary N) is 1. The van der Waals surface area contributed by atoms with Gasteiger partial charge in [-0.05, 0) is 83.2 Å². The first-order valence-electron chi connectivity index (χ1n) is 16.1. The normalized spacial score (nSPS) is 14.0. The summed E-state index contributed by atoms with van der Waals surface area (Å²) in [5.74, 6) is -16.4. The molecule has 4 aromatic carbocycles. The Kier molecular flexibility index (Phi) is 11.2. The average Bonchev–Trinajstić information content (AvgIpc) is 3.94. The molecule has 5 rings (SSSR count). The van der Waals surface area contributed by atoms with Crippen LogP contribution in [0.25, 0.3) is 0 Å². The second-order valence-corrected chi connectivity index (χ2v) is 15.8. The number of rotatable bonds is 12. The highest BCUT2D eigenvalue weighted by Gasteiger charge is 2.43. The van der Waals surface area contributed by atoms with E-state index in [0.29, 0.717) is 5.56 Å². The minimum Gasteiger partial charge on any atom is -0.495 e. The molecule has 0 heterocycles. The highest BCUT2D eigenvalue weighted by Crippen LogP contribution is 2.42. The molecule has 0 spiro atoms. The van der Waals surface area contributed by atoms with E-state index in [1.165, 1.54) is 7.11 Å². The van der Waals surface area contributed by atoms with Crippen LogP contribution in [0.5, 0.6) is 5.75 Å². The number of methoxy groups -OCH3 is 1. The van der Waals surface area contributed by atoms with Gasteiger partial charge >= 0.3 is 5.97 Å². The number of ether oxygens (including phenoxy) is 1. The maximum Gasteiger partial charge on any atom is 0.335 e. The molecule has 16 heteroatoms. The van der Waals surface area contributed by atoms with Crippen LogP contribution < -0.4 is 10.1 Å². The van der Waals surface area contributed by atoms with Gasteiger partial charge in [-0.3, -0.25) is 4.79 Å². The number of carbonyl (C=O) groups is 2. The Bertz CT molecular complexity index is 2200. The van der Waals surface area contributed by atoms with Crippen LogP contribution in [0.15, 0.2) is 59.5 Å². The average molecular weight is 783 g/mol. The maximum atomic E-state index is 15.3. The van der Waals surface area contributed by atoms with E-state index in [9.17, 15) is 40.7 Å². The van der Waals surface area contributed by atoms with E-state index in [-0.39, 0.29) is 37.8 Å². The van der Waals surface area contributed by atoms with Crippen LogP contribution in [0.2, 0.25) is 5.02 Å². The minimum atomic E-state index is -5.88. The number of carbonyl (C=O) groups excluding carboxylic acids is 1. The molecular weight excluding hydrogens is 750 g/mol. The van der Waals surface area contributed by atoms with Crippen molar-refractivity contribution in [3.05, 3.63) is 122 Å². The second-order valence-electron chi connectivity index (χ2n) is 13.6. The Hall–Kier alpha value is -4.60. The van der Waals surface area contributed by atoms with Crippen LogP contribution in [0, 0.1) is 34.9 Å². The van der Waals surface area contributed by atoms with E-state index in [1.807, 2.05) is 26.8 Å². The summed E-state index contributed by atoms with van der Waals surface area (Å²) in [6.07, 6.45) is 1.22. The van der Waals surface area contributed by atoms with E-state index < -0.39 is 86.1 Å². The van der Waals surface area contributed by atoms with Gasteiger partial charge in [0.05, 0.1) is 18.4 Å². The summed E-state index contributed by atoms with van der Waals surface area (Å²) in [7, 11) is -4.71. The van der Waals surface area contributed by atoms with Gasteiger partial charge in [-0.2, -0.15) is 4.31 Å². The number of sulfonamides is 1. The van der Waals surface area contributed by atoms with E-state index in [2.05, 4.69) is 5.32 Å². The molecule has 0 saturated heterocycles. The van der Waals surface area contributed by atoms with Crippen molar-refractivity contribution in [2.75, 3.05) is 12.4 Å². The van der Waals surface area contributed by atoms with Crippen LogP contribution in [0.1, 0.15) is 72.1 Å². The third-order valence-corrected chi connectivity index (χ3v) is 11.0. The van der Waals surface area contributed by atoms with Crippen molar-refractivity contribution in [2.45, 2.75) is 68.8 Å². The van der Waals surface area contributed by atoms with Crippen molar-refractivity contribution in [2.24, 2.45) is 0 Å². The maximum absolute atomic E-state index is 15.3. The molecule has 2 N–H and O–H groups in total. The van der Waals surface area contributed by atoms with E-state index in [0.717, 1.165) is 60.4 Å². The van der Waals surface area contributed by atoms with Crippen molar-refractivity contribution in [1.29, 1.82) is 0 Å². The van der Waals surface area contributed by atoms with Gasteiger partial charge in [0.15, 0.2) is 28.2 Å². The van der Waals surface area contributed by atoms with Gasteiger partial charge < -0.3 is 15.2 Å². The lowest BCUT2D eigenvalue weighted by Gasteiger charge is -2.31. The Morgan fingerprint density at radius 1 is 0.925 bits per heavy atom. The zero-order valence-corrected chi connectivity index (χ0v) is 30.2. The zero-order chi connectivity index (χ0) is 39.2. The summed E-state index contributed by atoms with van der Waals surface area (Å²) < 4.78 is 122. The number of amides is 1. The van der Waals surface area contributed by atoms with Gasteiger partial charge in [0.2, 0.25) is 21.7 Å². The van der Waals surface area contributed by atoms with E-state index >= 15 is 8.78 Å². The molecule has 0 aromatic heterocycles. The molecule has 1 amide bonds. The first-order valence-corrected chi connectivity index (χ1v) is 17.9. The monoisotopic (exact) mass is 782 g/mol. The molecular formula is C37H33ClF6N2O6S. The summed E-state index contributed by atoms with van der Waals surface area (Å²) in [6, 6.07) is 9.48. The number of hydrogen-bond donors (Lipinski definition) is 2. The first-order chi connectivity index (χ1) is 24.7. The fourth-order valence-corrected chi connectivity index (χ4v) is 7.63. The fraction of sp³-hybridized carbons (Fsp3) is 0.297. The smallest absolute Gasteiger partial charge is 0.335 e. The number of aromatic carboxylic acids is 1. The number of benzene rings is 4. The predicted molar refractivity (Wildman–Crippen MR) is 184 cm³/mol. The Morgan fingerprint density at radius 2 is 1.55 bits per heavy atom. The Balaban J connectivity index is 1.76. The summed E-state index contributed by atoms with van der Waals surface area (Å²) >= 11 is 6.25. The molecule has 0 radical (unpaired) electrons. The third-order valence-electron chi connectivity index (χ3n) is 8.79. The predicted octanol–water partition coefficient (Wildman–Crippen LogP) is 8.50. The van der Waals surface area contributed by atoms with E-state index in [1.54, 1.807) is 12.1 Å². The number of hydrogen-bond acceptors (Lipinski definition) is 5. The largest absolute Gasteiger partial charge is 0.495 e. The molecule has 1 fully saturated rings. The number of carboxylic acids is 1. The molecule has 53 heavy (non-hydrogen) atoms. The molecule has 1 atom stereocenters. The van der Waals surface area contributed by atoms with Crippen molar-refractivity contribution < 1.29 is 54.2 Å². The van der Waals surface area contributed by atoms with Gasteiger partial charge in [-0.25, -0.2) is 39.6 Å². The summed E-state index contributed by atoms with van der Waals surface area (Å²) in [4.78, 5) is 23.8. The number of nitrogens with zero attached hydrogens (tertiary/aromatic N) is 1. The highest BCUT2D eigenvalue weighted by molar-refractivity contribution is 7.89. The lowest BCUT2D eigenvalue weighted by Crippen LogP contribution is -2.48. The van der Waals surface area contributed by atoms with Crippen LogP contribution in [-0.4, -0.2) is 42.9 Å². The van der Waals surface area contributed by atoms with Crippen LogP contribution in [0.3, 0.4) is 0 Å². The van der Waals surface area contributed by atoms with Crippen molar-refractivity contribution >= 4 is 39.2 Å². The van der Waals surface area contributed by atoms with Crippen molar-refractivity contribution in [1.82, 2.24) is 4.31 Å². The molecule has 1 saturated carbocycles. The molecule has 4 aromatic rings.